The highest BCUT2D eigenvalue weighted by molar-refractivity contribution is 7.10. The van der Waals surface area contributed by atoms with Crippen LogP contribution in [0.25, 0.3) is 0 Å². The Balaban J connectivity index is 1.84. The lowest BCUT2D eigenvalue weighted by molar-refractivity contribution is 0.405. The first kappa shape index (κ1) is 13.8. The monoisotopic (exact) mass is 289 g/mol. The maximum atomic E-state index is 4.38. The molecule has 20 heavy (non-hydrogen) atoms. The van der Waals surface area contributed by atoms with Crippen molar-refractivity contribution in [3.63, 3.8) is 0 Å². The van der Waals surface area contributed by atoms with Gasteiger partial charge in [-0.2, -0.15) is 0 Å². The summed E-state index contributed by atoms with van der Waals surface area (Å²) < 4.78 is 2.36. The molecule has 0 amide bonds. The molecule has 0 radical (unpaired) electrons. The van der Waals surface area contributed by atoms with Crippen molar-refractivity contribution in [3.05, 3.63) is 40.1 Å². The number of imidazole rings is 1. The molecule has 0 bridgehead atoms. The average molecular weight is 289 g/mol. The molecule has 108 valence electrons. The predicted molar refractivity (Wildman–Crippen MR) is 84.2 cm³/mol. The predicted octanol–water partition coefficient (Wildman–Crippen LogP) is 3.76. The third-order valence-electron chi connectivity index (χ3n) is 3.90. The minimum atomic E-state index is 0.134. The molecule has 1 aliphatic carbocycles. The first-order valence-corrected chi connectivity index (χ1v) is 8.24. The summed E-state index contributed by atoms with van der Waals surface area (Å²) in [5, 5.41) is 5.79. The summed E-state index contributed by atoms with van der Waals surface area (Å²) in [4.78, 5) is 5.94. The van der Waals surface area contributed by atoms with Gasteiger partial charge in [0.15, 0.2) is 0 Å². The first-order chi connectivity index (χ1) is 9.54. The lowest BCUT2D eigenvalue weighted by Crippen LogP contribution is -2.36. The minimum Gasteiger partial charge on any atom is -0.326 e. The Hall–Kier alpha value is -1.13. The third kappa shape index (κ3) is 2.81. The maximum Gasteiger partial charge on any atom is 0.0954 e. The Labute approximate surface area is 125 Å². The van der Waals surface area contributed by atoms with Gasteiger partial charge in [-0.05, 0) is 57.0 Å². The summed E-state index contributed by atoms with van der Waals surface area (Å²) >= 11 is 1.90. The summed E-state index contributed by atoms with van der Waals surface area (Å²) in [6.45, 7) is 7.47. The number of aromatic nitrogens is 2. The van der Waals surface area contributed by atoms with E-state index in [4.69, 9.17) is 0 Å². The van der Waals surface area contributed by atoms with Gasteiger partial charge in [-0.1, -0.05) is 0 Å². The molecule has 0 saturated heterocycles. The molecule has 0 fully saturated rings. The second-order valence-corrected chi connectivity index (χ2v) is 7.60. The third-order valence-corrected chi connectivity index (χ3v) is 4.90. The van der Waals surface area contributed by atoms with Gasteiger partial charge in [-0.3, -0.25) is 0 Å². The average Bonchev–Trinajstić information content (AvgIpc) is 3.03. The molecule has 3 nitrogen and oxygen atoms in total. The zero-order chi connectivity index (χ0) is 14.2. The van der Waals surface area contributed by atoms with E-state index < -0.39 is 0 Å². The van der Waals surface area contributed by atoms with Gasteiger partial charge in [-0.15, -0.1) is 11.3 Å². The van der Waals surface area contributed by atoms with Crippen LogP contribution in [0.3, 0.4) is 0 Å². The molecule has 3 rings (SSSR count). The van der Waals surface area contributed by atoms with Gasteiger partial charge in [0, 0.05) is 23.2 Å². The molecule has 1 unspecified atom stereocenters. The van der Waals surface area contributed by atoms with Crippen molar-refractivity contribution >= 4 is 11.3 Å². The van der Waals surface area contributed by atoms with Gasteiger partial charge in [-0.25, -0.2) is 4.98 Å². The Morgan fingerprint density at radius 3 is 3.10 bits per heavy atom. The van der Waals surface area contributed by atoms with E-state index in [9.17, 15) is 0 Å². The molecule has 0 aliphatic heterocycles. The van der Waals surface area contributed by atoms with E-state index in [1.807, 2.05) is 23.9 Å². The lowest BCUT2D eigenvalue weighted by atomic mass is 9.93. The van der Waals surface area contributed by atoms with E-state index in [1.54, 1.807) is 4.88 Å². The number of fused-ring (bicyclic) bond motifs is 1. The number of hydrogen-bond donors (Lipinski definition) is 1. The van der Waals surface area contributed by atoms with Crippen LogP contribution in [0, 0.1) is 0 Å². The standard InChI is InChI=1S/C16H23N3S/c1-16(2,3)18-10-12-9-17-11-19(12)14-5-4-6-15-13(14)7-8-20-15/h7-9,11,14,18H,4-6,10H2,1-3H3. The molecule has 1 atom stereocenters. The highest BCUT2D eigenvalue weighted by Gasteiger charge is 2.24. The molecule has 1 aliphatic rings. The lowest BCUT2D eigenvalue weighted by Gasteiger charge is -2.27. The number of thiophene rings is 1. The number of hydrogen-bond acceptors (Lipinski definition) is 3. The molecule has 0 aromatic carbocycles. The van der Waals surface area contributed by atoms with Gasteiger partial charge in [0.25, 0.3) is 0 Å². The van der Waals surface area contributed by atoms with Crippen LogP contribution in [0.15, 0.2) is 24.0 Å². The Morgan fingerprint density at radius 2 is 2.30 bits per heavy atom. The van der Waals surface area contributed by atoms with Gasteiger partial charge >= 0.3 is 0 Å². The molecular formula is C16H23N3S. The van der Waals surface area contributed by atoms with Crippen molar-refractivity contribution in [1.29, 1.82) is 0 Å². The molecule has 1 N–H and O–H groups in total. The van der Waals surface area contributed by atoms with E-state index in [0.717, 1.165) is 6.54 Å². The van der Waals surface area contributed by atoms with E-state index in [1.165, 1.54) is 30.5 Å². The summed E-state index contributed by atoms with van der Waals surface area (Å²) in [6, 6.07) is 2.77. The topological polar surface area (TPSA) is 29.9 Å². The Bertz CT molecular complexity index is 577. The van der Waals surface area contributed by atoms with Crippen molar-refractivity contribution < 1.29 is 0 Å². The van der Waals surface area contributed by atoms with Gasteiger partial charge < -0.3 is 9.88 Å². The quantitative estimate of drug-likeness (QED) is 0.932. The van der Waals surface area contributed by atoms with Crippen molar-refractivity contribution in [2.75, 3.05) is 0 Å². The molecule has 0 spiro atoms. The van der Waals surface area contributed by atoms with E-state index in [-0.39, 0.29) is 5.54 Å². The van der Waals surface area contributed by atoms with E-state index in [2.05, 4.69) is 47.1 Å². The van der Waals surface area contributed by atoms with Crippen LogP contribution in [-0.4, -0.2) is 15.1 Å². The van der Waals surface area contributed by atoms with Crippen molar-refractivity contribution in [1.82, 2.24) is 14.9 Å². The van der Waals surface area contributed by atoms with Crippen LogP contribution in [0.1, 0.15) is 55.8 Å². The molecule has 0 saturated carbocycles. The summed E-state index contributed by atoms with van der Waals surface area (Å²) in [7, 11) is 0. The fraction of sp³-hybridized carbons (Fsp3) is 0.562. The molecule has 4 heteroatoms. The molecule has 2 aromatic heterocycles. The fourth-order valence-corrected chi connectivity index (χ4v) is 3.84. The Kier molecular flexibility index (Phi) is 3.69. The minimum absolute atomic E-state index is 0.134. The maximum absolute atomic E-state index is 4.38. The second-order valence-electron chi connectivity index (χ2n) is 6.60. The highest BCUT2D eigenvalue weighted by Crippen LogP contribution is 2.36. The second kappa shape index (κ2) is 5.34. The van der Waals surface area contributed by atoms with E-state index in [0.29, 0.717) is 6.04 Å². The van der Waals surface area contributed by atoms with Gasteiger partial charge in [0.2, 0.25) is 0 Å². The van der Waals surface area contributed by atoms with Crippen LogP contribution >= 0.6 is 11.3 Å². The van der Waals surface area contributed by atoms with Gasteiger partial charge in [0.05, 0.1) is 18.1 Å². The molecule has 2 heterocycles. The number of aryl methyl sites for hydroxylation is 1. The largest absolute Gasteiger partial charge is 0.326 e. The zero-order valence-corrected chi connectivity index (χ0v) is 13.3. The van der Waals surface area contributed by atoms with Gasteiger partial charge in [0.1, 0.15) is 0 Å². The van der Waals surface area contributed by atoms with Crippen molar-refractivity contribution in [3.8, 4) is 0 Å². The molecular weight excluding hydrogens is 266 g/mol. The van der Waals surface area contributed by atoms with Crippen LogP contribution in [-0.2, 0) is 13.0 Å². The number of nitrogens with one attached hydrogen (secondary N) is 1. The summed E-state index contributed by atoms with van der Waals surface area (Å²) in [5.41, 5.74) is 2.93. The fourth-order valence-electron chi connectivity index (χ4n) is 2.86. The van der Waals surface area contributed by atoms with Crippen LogP contribution in [0.4, 0.5) is 0 Å². The van der Waals surface area contributed by atoms with Crippen LogP contribution in [0.5, 0.6) is 0 Å². The SMILES string of the molecule is CC(C)(C)NCc1cncn1C1CCCc2sccc21. The molecule has 2 aromatic rings. The van der Waals surface area contributed by atoms with Crippen LogP contribution < -0.4 is 5.32 Å². The highest BCUT2D eigenvalue weighted by atomic mass is 32.1. The normalized spacial score (nSPS) is 19.1. The van der Waals surface area contributed by atoms with E-state index >= 15 is 0 Å². The summed E-state index contributed by atoms with van der Waals surface area (Å²) in [5.74, 6) is 0. The summed E-state index contributed by atoms with van der Waals surface area (Å²) in [6.07, 6.45) is 7.75. The van der Waals surface area contributed by atoms with Crippen molar-refractivity contribution in [2.45, 2.75) is 58.2 Å². The number of rotatable bonds is 3. The zero-order valence-electron chi connectivity index (χ0n) is 12.5. The smallest absolute Gasteiger partial charge is 0.0954 e. The Morgan fingerprint density at radius 1 is 1.45 bits per heavy atom. The van der Waals surface area contributed by atoms with Crippen LogP contribution in [0.2, 0.25) is 0 Å². The first-order valence-electron chi connectivity index (χ1n) is 7.36. The number of nitrogens with zero attached hydrogens (tertiary/aromatic N) is 2. The van der Waals surface area contributed by atoms with Crippen molar-refractivity contribution in [2.24, 2.45) is 0 Å².